The Balaban J connectivity index is 1.95. The van der Waals surface area contributed by atoms with E-state index in [0.29, 0.717) is 0 Å². The first-order valence-corrected chi connectivity index (χ1v) is 5.36. The molecule has 1 aliphatic rings. The van der Waals surface area contributed by atoms with Crippen molar-refractivity contribution in [2.24, 2.45) is 5.41 Å². The molecule has 1 saturated carbocycles. The summed E-state index contributed by atoms with van der Waals surface area (Å²) in [5.41, 5.74) is 0.544. The molecule has 1 heterocycles. The molecule has 3 heteroatoms. The molecule has 0 atom stereocenters. The molecule has 0 radical (unpaired) electrons. The lowest BCUT2D eigenvalue weighted by Crippen LogP contribution is -2.38. The van der Waals surface area contributed by atoms with Crippen molar-refractivity contribution in [1.29, 1.82) is 0 Å². The predicted octanol–water partition coefficient (Wildman–Crippen LogP) is 2.27. The second-order valence-corrected chi connectivity index (χ2v) is 4.26. The van der Waals surface area contributed by atoms with E-state index < -0.39 is 11.4 Å². The molecule has 1 aromatic rings. The number of carboxylic acid groups (broad SMARTS) is 1. The Morgan fingerprint density at radius 2 is 2.27 bits per heavy atom. The van der Waals surface area contributed by atoms with Gasteiger partial charge in [-0.2, -0.15) is 0 Å². The fraction of sp³-hybridized carbons (Fsp3) is 0.500. The molecule has 0 amide bonds. The van der Waals surface area contributed by atoms with E-state index in [4.69, 9.17) is 5.11 Å². The van der Waals surface area contributed by atoms with Crippen LogP contribution in [0.1, 0.15) is 31.4 Å². The van der Waals surface area contributed by atoms with Crippen LogP contribution in [-0.2, 0) is 11.2 Å². The Morgan fingerprint density at radius 3 is 2.73 bits per heavy atom. The molecule has 2 rings (SSSR count). The number of carbonyl (C=O) groups is 1. The van der Waals surface area contributed by atoms with E-state index in [9.17, 15) is 4.79 Å². The molecular formula is C12H15NO2. The highest BCUT2D eigenvalue weighted by atomic mass is 16.4. The number of aryl methyl sites for hydroxylation is 1. The number of hydrogen-bond acceptors (Lipinski definition) is 2. The van der Waals surface area contributed by atoms with Crippen LogP contribution in [0, 0.1) is 5.41 Å². The Bertz CT molecular complexity index is 344. The summed E-state index contributed by atoms with van der Waals surface area (Å²) < 4.78 is 0. The largest absolute Gasteiger partial charge is 0.481 e. The van der Waals surface area contributed by atoms with Crippen molar-refractivity contribution in [1.82, 2.24) is 4.98 Å². The minimum atomic E-state index is -0.635. The summed E-state index contributed by atoms with van der Waals surface area (Å²) in [7, 11) is 0. The molecule has 0 unspecified atom stereocenters. The van der Waals surface area contributed by atoms with E-state index in [0.717, 1.165) is 37.8 Å². The molecule has 0 saturated heterocycles. The van der Waals surface area contributed by atoms with E-state index in [1.807, 2.05) is 18.2 Å². The Kier molecular flexibility index (Phi) is 2.71. The summed E-state index contributed by atoms with van der Waals surface area (Å²) >= 11 is 0. The first kappa shape index (κ1) is 10.1. The fourth-order valence-electron chi connectivity index (χ4n) is 2.09. The highest BCUT2D eigenvalue weighted by molar-refractivity contribution is 5.75. The summed E-state index contributed by atoms with van der Waals surface area (Å²) in [5.74, 6) is -0.635. The number of hydrogen-bond donors (Lipinski definition) is 1. The first-order chi connectivity index (χ1) is 7.23. The summed E-state index contributed by atoms with van der Waals surface area (Å²) in [5, 5.41) is 9.14. The van der Waals surface area contributed by atoms with Gasteiger partial charge in [-0.3, -0.25) is 9.78 Å². The Labute approximate surface area is 89.2 Å². The van der Waals surface area contributed by atoms with Crippen molar-refractivity contribution < 1.29 is 9.90 Å². The van der Waals surface area contributed by atoms with Crippen LogP contribution in [0.15, 0.2) is 24.4 Å². The topological polar surface area (TPSA) is 50.2 Å². The molecule has 80 valence electrons. The monoisotopic (exact) mass is 205 g/mol. The van der Waals surface area contributed by atoms with Crippen molar-refractivity contribution >= 4 is 5.97 Å². The van der Waals surface area contributed by atoms with Crippen LogP contribution in [0.5, 0.6) is 0 Å². The molecule has 3 nitrogen and oxygen atoms in total. The zero-order chi connectivity index (χ0) is 10.7. The average molecular weight is 205 g/mol. The lowest BCUT2D eigenvalue weighted by molar-refractivity contribution is -0.155. The number of nitrogens with zero attached hydrogens (tertiary/aromatic N) is 1. The summed E-state index contributed by atoms with van der Waals surface area (Å²) in [6.45, 7) is 0. The molecule has 15 heavy (non-hydrogen) atoms. The van der Waals surface area contributed by atoms with Crippen LogP contribution in [0.3, 0.4) is 0 Å². The lowest BCUT2D eigenvalue weighted by atomic mass is 9.66. The van der Waals surface area contributed by atoms with E-state index >= 15 is 0 Å². The Hall–Kier alpha value is -1.38. The quantitative estimate of drug-likeness (QED) is 0.820. The third kappa shape index (κ3) is 2.01. The maximum absolute atomic E-state index is 11.1. The van der Waals surface area contributed by atoms with E-state index in [1.54, 1.807) is 6.20 Å². The van der Waals surface area contributed by atoms with Gasteiger partial charge in [0.25, 0.3) is 0 Å². The van der Waals surface area contributed by atoms with Crippen molar-refractivity contribution in [3.63, 3.8) is 0 Å². The second kappa shape index (κ2) is 4.01. The maximum atomic E-state index is 11.1. The van der Waals surface area contributed by atoms with E-state index in [2.05, 4.69) is 4.98 Å². The van der Waals surface area contributed by atoms with Crippen LogP contribution in [0.25, 0.3) is 0 Å². The number of aliphatic carboxylic acids is 1. The van der Waals surface area contributed by atoms with Gasteiger partial charge in [0.05, 0.1) is 5.41 Å². The Morgan fingerprint density at radius 1 is 1.47 bits per heavy atom. The number of aromatic nitrogens is 1. The van der Waals surface area contributed by atoms with Crippen LogP contribution in [-0.4, -0.2) is 16.1 Å². The smallest absolute Gasteiger partial charge is 0.309 e. The normalized spacial score (nSPS) is 18.1. The SMILES string of the molecule is O=C(O)C1(CCc2ccccn2)CCC1. The average Bonchev–Trinajstić information content (AvgIpc) is 2.17. The standard InChI is InChI=1S/C12H15NO2/c14-11(15)12(6-3-7-12)8-5-10-4-1-2-9-13-10/h1-2,4,9H,3,5-8H2,(H,14,15). The third-order valence-electron chi connectivity index (χ3n) is 3.35. The molecule has 1 aromatic heterocycles. The predicted molar refractivity (Wildman–Crippen MR) is 56.5 cm³/mol. The van der Waals surface area contributed by atoms with Gasteiger partial charge in [-0.25, -0.2) is 0 Å². The van der Waals surface area contributed by atoms with Crippen molar-refractivity contribution in [3.05, 3.63) is 30.1 Å². The molecule has 1 aliphatic carbocycles. The molecule has 1 fully saturated rings. The molecule has 0 bridgehead atoms. The summed E-state index contributed by atoms with van der Waals surface area (Å²) in [6.07, 6.45) is 5.95. The van der Waals surface area contributed by atoms with Gasteiger partial charge < -0.3 is 5.11 Å². The summed E-state index contributed by atoms with van der Waals surface area (Å²) in [4.78, 5) is 15.3. The minimum Gasteiger partial charge on any atom is -0.481 e. The molecule has 1 N–H and O–H groups in total. The zero-order valence-corrected chi connectivity index (χ0v) is 8.65. The number of rotatable bonds is 4. The number of pyridine rings is 1. The van der Waals surface area contributed by atoms with Gasteiger partial charge in [0.2, 0.25) is 0 Å². The van der Waals surface area contributed by atoms with Gasteiger partial charge in [-0.15, -0.1) is 0 Å². The number of carboxylic acids is 1. The second-order valence-electron chi connectivity index (χ2n) is 4.26. The van der Waals surface area contributed by atoms with Crippen LogP contribution >= 0.6 is 0 Å². The van der Waals surface area contributed by atoms with Crippen LogP contribution < -0.4 is 0 Å². The zero-order valence-electron chi connectivity index (χ0n) is 8.65. The van der Waals surface area contributed by atoms with Gasteiger partial charge >= 0.3 is 5.97 Å². The highest BCUT2D eigenvalue weighted by Gasteiger charge is 2.43. The molecule has 0 aromatic carbocycles. The third-order valence-corrected chi connectivity index (χ3v) is 3.35. The minimum absolute atomic E-state index is 0.447. The van der Waals surface area contributed by atoms with Gasteiger partial charge in [0, 0.05) is 11.9 Å². The van der Waals surface area contributed by atoms with Crippen molar-refractivity contribution in [2.75, 3.05) is 0 Å². The van der Waals surface area contributed by atoms with Crippen molar-refractivity contribution in [3.8, 4) is 0 Å². The molecule has 0 aliphatic heterocycles. The van der Waals surface area contributed by atoms with E-state index in [1.165, 1.54) is 0 Å². The van der Waals surface area contributed by atoms with Crippen molar-refractivity contribution in [2.45, 2.75) is 32.1 Å². The van der Waals surface area contributed by atoms with Gasteiger partial charge in [0.15, 0.2) is 0 Å². The van der Waals surface area contributed by atoms with Crippen LogP contribution in [0.4, 0.5) is 0 Å². The van der Waals surface area contributed by atoms with Gasteiger partial charge in [-0.05, 0) is 37.8 Å². The van der Waals surface area contributed by atoms with Gasteiger partial charge in [0.1, 0.15) is 0 Å². The lowest BCUT2D eigenvalue weighted by Gasteiger charge is -2.37. The fourth-order valence-corrected chi connectivity index (χ4v) is 2.09. The molecule has 0 spiro atoms. The maximum Gasteiger partial charge on any atom is 0.309 e. The highest BCUT2D eigenvalue weighted by Crippen LogP contribution is 2.44. The summed E-state index contributed by atoms with van der Waals surface area (Å²) in [6, 6.07) is 5.77. The molecular weight excluding hydrogens is 190 g/mol. The van der Waals surface area contributed by atoms with Crippen LogP contribution in [0.2, 0.25) is 0 Å². The first-order valence-electron chi connectivity index (χ1n) is 5.36. The van der Waals surface area contributed by atoms with Gasteiger partial charge in [-0.1, -0.05) is 12.5 Å². The van der Waals surface area contributed by atoms with E-state index in [-0.39, 0.29) is 0 Å².